The third-order valence-corrected chi connectivity index (χ3v) is 4.17. The average Bonchev–Trinajstić information content (AvgIpc) is 2.62. The molecule has 0 unspecified atom stereocenters. The summed E-state index contributed by atoms with van der Waals surface area (Å²) in [6.07, 6.45) is 2.13. The summed E-state index contributed by atoms with van der Waals surface area (Å²) in [5.74, 6) is 0.499. The molecular formula is C21H23N3O. The van der Waals surface area contributed by atoms with Crippen LogP contribution in [-0.4, -0.2) is 17.4 Å². The highest BCUT2D eigenvalue weighted by Gasteiger charge is 2.06. The summed E-state index contributed by atoms with van der Waals surface area (Å²) in [6, 6.07) is 18.0. The molecule has 0 saturated heterocycles. The van der Waals surface area contributed by atoms with Crippen molar-refractivity contribution in [3.8, 4) is 0 Å². The van der Waals surface area contributed by atoms with E-state index in [-0.39, 0.29) is 5.91 Å². The largest absolute Gasteiger partial charge is 0.385 e. The molecule has 4 nitrogen and oxygen atoms in total. The molecule has 0 saturated carbocycles. The van der Waals surface area contributed by atoms with Gasteiger partial charge in [-0.2, -0.15) is 0 Å². The van der Waals surface area contributed by atoms with Gasteiger partial charge in [0.25, 0.3) is 0 Å². The molecule has 25 heavy (non-hydrogen) atoms. The molecule has 1 heterocycles. The first kappa shape index (κ1) is 17.0. The van der Waals surface area contributed by atoms with Crippen molar-refractivity contribution < 1.29 is 4.79 Å². The monoisotopic (exact) mass is 333 g/mol. The number of rotatable bonds is 6. The molecule has 3 rings (SSSR count). The van der Waals surface area contributed by atoms with E-state index in [1.54, 1.807) is 6.20 Å². The SMILES string of the molecule is CC(C)c1ccc(NCCC(=O)Nc2cccc3cccnc23)cc1. The van der Waals surface area contributed by atoms with Crippen LogP contribution in [0.3, 0.4) is 0 Å². The van der Waals surface area contributed by atoms with Gasteiger partial charge in [0.05, 0.1) is 11.2 Å². The normalized spacial score (nSPS) is 10.8. The van der Waals surface area contributed by atoms with Crippen molar-refractivity contribution in [1.29, 1.82) is 0 Å². The number of hydrogen-bond donors (Lipinski definition) is 2. The molecule has 0 radical (unpaired) electrons. The standard InChI is InChI=1S/C21H23N3O/c1-15(2)16-8-10-18(11-9-16)22-14-12-20(25)24-19-7-3-5-17-6-4-13-23-21(17)19/h3-11,13,15,22H,12,14H2,1-2H3,(H,24,25). The van der Waals surface area contributed by atoms with Crippen LogP contribution in [0, 0.1) is 0 Å². The lowest BCUT2D eigenvalue weighted by Gasteiger charge is -2.10. The van der Waals surface area contributed by atoms with Gasteiger partial charge in [0.15, 0.2) is 0 Å². The highest BCUT2D eigenvalue weighted by Crippen LogP contribution is 2.21. The molecule has 0 aliphatic heterocycles. The Balaban J connectivity index is 1.54. The molecule has 4 heteroatoms. The Morgan fingerprint density at radius 1 is 1.04 bits per heavy atom. The number of benzene rings is 2. The predicted octanol–water partition coefficient (Wildman–Crippen LogP) is 4.80. The van der Waals surface area contributed by atoms with Crippen LogP contribution in [0.25, 0.3) is 10.9 Å². The minimum Gasteiger partial charge on any atom is -0.385 e. The number of para-hydroxylation sites is 1. The first-order chi connectivity index (χ1) is 12.1. The molecule has 3 aromatic rings. The predicted molar refractivity (Wildman–Crippen MR) is 104 cm³/mol. The molecule has 0 aliphatic rings. The Hall–Kier alpha value is -2.88. The second kappa shape index (κ2) is 7.79. The van der Waals surface area contributed by atoms with Gasteiger partial charge in [-0.15, -0.1) is 0 Å². The lowest BCUT2D eigenvalue weighted by Crippen LogP contribution is -2.16. The van der Waals surface area contributed by atoms with Crippen LogP contribution in [0.2, 0.25) is 0 Å². The Bertz CT molecular complexity index is 851. The zero-order valence-electron chi connectivity index (χ0n) is 14.6. The number of nitrogens with zero attached hydrogens (tertiary/aromatic N) is 1. The first-order valence-electron chi connectivity index (χ1n) is 8.61. The van der Waals surface area contributed by atoms with Crippen molar-refractivity contribution in [2.24, 2.45) is 0 Å². The van der Waals surface area contributed by atoms with Crippen LogP contribution >= 0.6 is 0 Å². The molecule has 128 valence electrons. The zero-order valence-corrected chi connectivity index (χ0v) is 14.6. The number of carbonyl (C=O) groups excluding carboxylic acids is 1. The van der Waals surface area contributed by atoms with Crippen LogP contribution in [-0.2, 0) is 4.79 Å². The summed E-state index contributed by atoms with van der Waals surface area (Å²) in [5.41, 5.74) is 3.91. The van der Waals surface area contributed by atoms with E-state index in [0.717, 1.165) is 22.3 Å². The number of nitrogens with one attached hydrogen (secondary N) is 2. The van der Waals surface area contributed by atoms with E-state index in [4.69, 9.17) is 0 Å². The zero-order chi connectivity index (χ0) is 17.6. The van der Waals surface area contributed by atoms with E-state index in [1.807, 2.05) is 30.3 Å². The Labute approximate surface area is 148 Å². The minimum absolute atomic E-state index is 0.0237. The number of hydrogen-bond acceptors (Lipinski definition) is 3. The van der Waals surface area contributed by atoms with Crippen LogP contribution in [0.4, 0.5) is 11.4 Å². The van der Waals surface area contributed by atoms with Crippen molar-refractivity contribution in [2.75, 3.05) is 17.2 Å². The van der Waals surface area contributed by atoms with Crippen molar-refractivity contribution in [2.45, 2.75) is 26.2 Å². The smallest absolute Gasteiger partial charge is 0.226 e. The fourth-order valence-electron chi connectivity index (χ4n) is 2.72. The molecule has 2 aromatic carbocycles. The number of pyridine rings is 1. The van der Waals surface area contributed by atoms with E-state index >= 15 is 0 Å². The fraction of sp³-hybridized carbons (Fsp3) is 0.238. The van der Waals surface area contributed by atoms with Gasteiger partial charge in [-0.1, -0.05) is 44.2 Å². The maximum Gasteiger partial charge on any atom is 0.226 e. The quantitative estimate of drug-likeness (QED) is 0.681. The van der Waals surface area contributed by atoms with E-state index in [2.05, 4.69) is 53.7 Å². The van der Waals surface area contributed by atoms with Gasteiger partial charge in [0, 0.05) is 30.2 Å². The van der Waals surface area contributed by atoms with Gasteiger partial charge in [0.1, 0.15) is 0 Å². The van der Waals surface area contributed by atoms with Gasteiger partial charge in [-0.05, 0) is 35.7 Å². The topological polar surface area (TPSA) is 54.0 Å². The average molecular weight is 333 g/mol. The van der Waals surface area contributed by atoms with Gasteiger partial charge < -0.3 is 10.6 Å². The van der Waals surface area contributed by atoms with Gasteiger partial charge in [0.2, 0.25) is 5.91 Å². The van der Waals surface area contributed by atoms with Crippen LogP contribution in [0.1, 0.15) is 31.7 Å². The number of amides is 1. The highest BCUT2D eigenvalue weighted by molar-refractivity contribution is 6.00. The summed E-state index contributed by atoms with van der Waals surface area (Å²) in [5, 5.41) is 7.26. The van der Waals surface area contributed by atoms with Crippen molar-refractivity contribution >= 4 is 28.2 Å². The van der Waals surface area contributed by atoms with Crippen molar-refractivity contribution in [3.63, 3.8) is 0 Å². The Kier molecular flexibility index (Phi) is 5.29. The maximum absolute atomic E-state index is 12.2. The van der Waals surface area contributed by atoms with Crippen LogP contribution < -0.4 is 10.6 Å². The number of fused-ring (bicyclic) bond motifs is 1. The van der Waals surface area contributed by atoms with E-state index < -0.39 is 0 Å². The highest BCUT2D eigenvalue weighted by atomic mass is 16.1. The summed E-state index contributed by atoms with van der Waals surface area (Å²) in [4.78, 5) is 16.6. The molecule has 0 aliphatic carbocycles. The van der Waals surface area contributed by atoms with E-state index in [1.165, 1.54) is 5.56 Å². The molecule has 0 bridgehead atoms. The third kappa shape index (κ3) is 4.35. The molecule has 1 aromatic heterocycles. The first-order valence-corrected chi connectivity index (χ1v) is 8.61. The minimum atomic E-state index is -0.0237. The van der Waals surface area contributed by atoms with Gasteiger partial charge in [-0.3, -0.25) is 9.78 Å². The van der Waals surface area contributed by atoms with Gasteiger partial charge >= 0.3 is 0 Å². The summed E-state index contributed by atoms with van der Waals surface area (Å²) in [7, 11) is 0. The Morgan fingerprint density at radius 3 is 2.56 bits per heavy atom. The second-order valence-electron chi connectivity index (χ2n) is 6.38. The van der Waals surface area contributed by atoms with Crippen LogP contribution in [0.5, 0.6) is 0 Å². The molecule has 1 amide bonds. The lowest BCUT2D eigenvalue weighted by molar-refractivity contribution is -0.115. The molecule has 0 fully saturated rings. The third-order valence-electron chi connectivity index (χ3n) is 4.17. The van der Waals surface area contributed by atoms with Crippen molar-refractivity contribution in [1.82, 2.24) is 4.98 Å². The Morgan fingerprint density at radius 2 is 1.80 bits per heavy atom. The van der Waals surface area contributed by atoms with E-state index in [9.17, 15) is 4.79 Å². The maximum atomic E-state index is 12.2. The summed E-state index contributed by atoms with van der Waals surface area (Å²) < 4.78 is 0. The lowest BCUT2D eigenvalue weighted by atomic mass is 10.0. The molecular weight excluding hydrogens is 310 g/mol. The molecule has 2 N–H and O–H groups in total. The fourth-order valence-corrected chi connectivity index (χ4v) is 2.72. The molecule has 0 atom stereocenters. The number of carbonyl (C=O) groups is 1. The van der Waals surface area contributed by atoms with E-state index in [0.29, 0.717) is 18.9 Å². The summed E-state index contributed by atoms with van der Waals surface area (Å²) >= 11 is 0. The second-order valence-corrected chi connectivity index (χ2v) is 6.38. The number of aromatic nitrogens is 1. The van der Waals surface area contributed by atoms with Crippen molar-refractivity contribution in [3.05, 3.63) is 66.4 Å². The van der Waals surface area contributed by atoms with Gasteiger partial charge in [-0.25, -0.2) is 0 Å². The van der Waals surface area contributed by atoms with Crippen LogP contribution in [0.15, 0.2) is 60.8 Å². The summed E-state index contributed by atoms with van der Waals surface area (Å²) in [6.45, 7) is 4.94. The number of anilines is 2. The molecule has 0 spiro atoms.